The van der Waals surface area contributed by atoms with Gasteiger partial charge >= 0.3 is 5.97 Å². The minimum absolute atomic E-state index is 0.221. The first kappa shape index (κ1) is 15.1. The van der Waals surface area contributed by atoms with Gasteiger partial charge in [-0.25, -0.2) is 0 Å². The summed E-state index contributed by atoms with van der Waals surface area (Å²) < 4.78 is 5.58. The SMILES string of the molecule is CCOC(=O)CC(O)C(O)c1cccc(Br)c1C. The van der Waals surface area contributed by atoms with E-state index in [1.165, 1.54) is 0 Å². The van der Waals surface area contributed by atoms with Gasteiger partial charge in [0.1, 0.15) is 6.10 Å². The lowest BCUT2D eigenvalue weighted by Crippen LogP contribution is -2.23. The van der Waals surface area contributed by atoms with Crippen LogP contribution in [0.2, 0.25) is 0 Å². The van der Waals surface area contributed by atoms with Crippen molar-refractivity contribution in [1.82, 2.24) is 0 Å². The maximum atomic E-state index is 11.2. The highest BCUT2D eigenvalue weighted by atomic mass is 79.9. The molecule has 0 bridgehead atoms. The monoisotopic (exact) mass is 316 g/mol. The Labute approximate surface area is 115 Å². The van der Waals surface area contributed by atoms with Crippen LogP contribution in [0.25, 0.3) is 0 Å². The van der Waals surface area contributed by atoms with Gasteiger partial charge < -0.3 is 14.9 Å². The molecule has 1 rings (SSSR count). The van der Waals surface area contributed by atoms with E-state index in [1.54, 1.807) is 19.1 Å². The molecule has 0 amide bonds. The number of carbonyl (C=O) groups excluding carboxylic acids is 1. The van der Waals surface area contributed by atoms with Crippen molar-refractivity contribution in [3.8, 4) is 0 Å². The van der Waals surface area contributed by atoms with Gasteiger partial charge in [0.2, 0.25) is 0 Å². The summed E-state index contributed by atoms with van der Waals surface area (Å²) in [7, 11) is 0. The molecule has 0 aliphatic heterocycles. The second-order valence-electron chi connectivity index (χ2n) is 3.98. The number of hydrogen-bond acceptors (Lipinski definition) is 4. The van der Waals surface area contributed by atoms with Crippen LogP contribution in [0.1, 0.15) is 30.6 Å². The van der Waals surface area contributed by atoms with E-state index < -0.39 is 18.2 Å². The van der Waals surface area contributed by atoms with Crippen LogP contribution in [-0.2, 0) is 9.53 Å². The Morgan fingerprint density at radius 1 is 1.44 bits per heavy atom. The van der Waals surface area contributed by atoms with E-state index in [4.69, 9.17) is 4.74 Å². The molecular formula is C13H17BrO4. The second-order valence-corrected chi connectivity index (χ2v) is 4.83. The van der Waals surface area contributed by atoms with Gasteiger partial charge in [0.15, 0.2) is 0 Å². The van der Waals surface area contributed by atoms with Crippen molar-refractivity contribution in [3.05, 3.63) is 33.8 Å². The van der Waals surface area contributed by atoms with E-state index in [-0.39, 0.29) is 13.0 Å². The Morgan fingerprint density at radius 3 is 2.72 bits per heavy atom. The number of halogens is 1. The number of ether oxygens (including phenoxy) is 1. The second kappa shape index (κ2) is 6.87. The average molecular weight is 317 g/mol. The van der Waals surface area contributed by atoms with Crippen LogP contribution in [-0.4, -0.2) is 28.9 Å². The van der Waals surface area contributed by atoms with Crippen molar-refractivity contribution in [3.63, 3.8) is 0 Å². The molecule has 4 nitrogen and oxygen atoms in total. The first-order valence-corrected chi connectivity index (χ1v) is 6.53. The predicted molar refractivity (Wildman–Crippen MR) is 71.1 cm³/mol. The van der Waals surface area contributed by atoms with Crippen molar-refractivity contribution in [2.45, 2.75) is 32.5 Å². The molecule has 0 aromatic heterocycles. The number of benzene rings is 1. The quantitative estimate of drug-likeness (QED) is 0.816. The molecule has 0 saturated carbocycles. The standard InChI is InChI=1S/C13H17BrO4/c1-3-18-12(16)7-11(15)13(17)9-5-4-6-10(14)8(9)2/h4-6,11,13,15,17H,3,7H2,1-2H3. The van der Waals surface area contributed by atoms with Crippen molar-refractivity contribution < 1.29 is 19.7 Å². The maximum absolute atomic E-state index is 11.2. The van der Waals surface area contributed by atoms with Crippen LogP contribution in [0.5, 0.6) is 0 Å². The Bertz CT molecular complexity index is 419. The van der Waals surface area contributed by atoms with Crippen molar-refractivity contribution in [2.24, 2.45) is 0 Å². The summed E-state index contributed by atoms with van der Waals surface area (Å²) in [6.07, 6.45) is -2.50. The summed E-state index contributed by atoms with van der Waals surface area (Å²) in [5.74, 6) is -0.517. The topological polar surface area (TPSA) is 66.8 Å². The Balaban J connectivity index is 2.77. The van der Waals surface area contributed by atoms with Crippen LogP contribution in [0.4, 0.5) is 0 Å². The van der Waals surface area contributed by atoms with Crippen molar-refractivity contribution in [2.75, 3.05) is 6.61 Å². The van der Waals surface area contributed by atoms with Gasteiger partial charge in [0, 0.05) is 4.47 Å². The summed E-state index contributed by atoms with van der Waals surface area (Å²) in [6.45, 7) is 3.79. The number of aliphatic hydroxyl groups excluding tert-OH is 2. The molecule has 0 fully saturated rings. The Morgan fingerprint density at radius 2 is 2.11 bits per heavy atom. The number of rotatable bonds is 5. The predicted octanol–water partition coefficient (Wildman–Crippen LogP) is 2.11. The molecule has 1 aromatic rings. The van der Waals surface area contributed by atoms with Gasteiger partial charge in [-0.2, -0.15) is 0 Å². The van der Waals surface area contributed by atoms with Crippen LogP contribution in [0.3, 0.4) is 0 Å². The molecule has 18 heavy (non-hydrogen) atoms. The molecule has 0 saturated heterocycles. The zero-order valence-corrected chi connectivity index (χ0v) is 12.0. The van der Waals surface area contributed by atoms with E-state index in [0.29, 0.717) is 5.56 Å². The highest BCUT2D eigenvalue weighted by Gasteiger charge is 2.23. The van der Waals surface area contributed by atoms with Gasteiger partial charge in [-0.15, -0.1) is 0 Å². The summed E-state index contributed by atoms with van der Waals surface area (Å²) >= 11 is 3.35. The fourth-order valence-electron chi connectivity index (χ4n) is 1.65. The summed E-state index contributed by atoms with van der Waals surface area (Å²) in [6, 6.07) is 5.34. The normalized spacial score (nSPS) is 14.1. The third kappa shape index (κ3) is 3.80. The fraction of sp³-hybridized carbons (Fsp3) is 0.462. The highest BCUT2D eigenvalue weighted by molar-refractivity contribution is 9.10. The summed E-state index contributed by atoms with van der Waals surface area (Å²) in [4.78, 5) is 11.2. The molecular weight excluding hydrogens is 300 g/mol. The van der Waals surface area contributed by atoms with Crippen molar-refractivity contribution >= 4 is 21.9 Å². The van der Waals surface area contributed by atoms with E-state index in [0.717, 1.165) is 10.0 Å². The highest BCUT2D eigenvalue weighted by Crippen LogP contribution is 2.27. The molecule has 0 heterocycles. The largest absolute Gasteiger partial charge is 0.466 e. The molecule has 2 unspecified atom stereocenters. The van der Waals surface area contributed by atoms with Gasteiger partial charge in [-0.3, -0.25) is 4.79 Å². The third-order valence-electron chi connectivity index (χ3n) is 2.67. The zero-order chi connectivity index (χ0) is 13.7. The minimum Gasteiger partial charge on any atom is -0.466 e. The lowest BCUT2D eigenvalue weighted by atomic mass is 9.98. The number of hydrogen-bond donors (Lipinski definition) is 2. The molecule has 2 N–H and O–H groups in total. The van der Waals surface area contributed by atoms with Crippen LogP contribution in [0, 0.1) is 6.92 Å². The number of esters is 1. The number of aliphatic hydroxyl groups is 2. The van der Waals surface area contributed by atoms with Gasteiger partial charge in [0.25, 0.3) is 0 Å². The third-order valence-corrected chi connectivity index (χ3v) is 3.53. The molecule has 0 aliphatic carbocycles. The fourth-order valence-corrected chi connectivity index (χ4v) is 2.04. The van der Waals surface area contributed by atoms with E-state index >= 15 is 0 Å². The smallest absolute Gasteiger partial charge is 0.308 e. The molecule has 0 aliphatic rings. The Hall–Kier alpha value is -0.910. The summed E-state index contributed by atoms with van der Waals surface area (Å²) in [5.41, 5.74) is 1.44. The van der Waals surface area contributed by atoms with Gasteiger partial charge in [-0.05, 0) is 31.0 Å². The minimum atomic E-state index is -1.17. The van der Waals surface area contributed by atoms with E-state index in [2.05, 4.69) is 15.9 Å². The van der Waals surface area contributed by atoms with Gasteiger partial charge in [0.05, 0.1) is 19.1 Å². The lowest BCUT2D eigenvalue weighted by molar-refractivity contribution is -0.147. The summed E-state index contributed by atoms with van der Waals surface area (Å²) in [5, 5.41) is 19.9. The average Bonchev–Trinajstić information content (AvgIpc) is 2.32. The van der Waals surface area contributed by atoms with Gasteiger partial charge in [-0.1, -0.05) is 28.1 Å². The molecule has 100 valence electrons. The van der Waals surface area contributed by atoms with E-state index in [1.807, 2.05) is 13.0 Å². The molecule has 5 heteroatoms. The number of carbonyl (C=O) groups is 1. The van der Waals surface area contributed by atoms with Crippen LogP contribution < -0.4 is 0 Å². The molecule has 2 atom stereocenters. The Kier molecular flexibility index (Phi) is 5.78. The molecule has 0 radical (unpaired) electrons. The molecule has 1 aromatic carbocycles. The lowest BCUT2D eigenvalue weighted by Gasteiger charge is -2.19. The first-order chi connectivity index (χ1) is 8.47. The molecule has 0 spiro atoms. The maximum Gasteiger partial charge on any atom is 0.308 e. The zero-order valence-electron chi connectivity index (χ0n) is 10.4. The van der Waals surface area contributed by atoms with Crippen LogP contribution >= 0.6 is 15.9 Å². The van der Waals surface area contributed by atoms with Crippen LogP contribution in [0.15, 0.2) is 22.7 Å². The van der Waals surface area contributed by atoms with E-state index in [9.17, 15) is 15.0 Å². The first-order valence-electron chi connectivity index (χ1n) is 5.74. The van der Waals surface area contributed by atoms with Crippen molar-refractivity contribution in [1.29, 1.82) is 0 Å².